The third kappa shape index (κ3) is 4.77. The number of thiophene rings is 1. The zero-order chi connectivity index (χ0) is 21.9. The minimum Gasteiger partial charge on any atom is -0.462 e. The molecule has 1 aliphatic rings. The first-order chi connectivity index (χ1) is 14.3. The second-order valence-corrected chi connectivity index (χ2v) is 10.2. The topological polar surface area (TPSA) is 55.4 Å². The molecule has 5 heteroatoms. The Morgan fingerprint density at radius 2 is 1.90 bits per heavy atom. The molecule has 0 unspecified atom stereocenters. The number of nitrogens with one attached hydrogen (secondary N) is 1. The van der Waals surface area contributed by atoms with Crippen LogP contribution in [-0.2, 0) is 22.4 Å². The highest BCUT2D eigenvalue weighted by atomic mass is 32.1. The van der Waals surface area contributed by atoms with Crippen LogP contribution in [0.3, 0.4) is 0 Å². The summed E-state index contributed by atoms with van der Waals surface area (Å²) in [5.74, 6) is -0.0786. The van der Waals surface area contributed by atoms with E-state index in [0.717, 1.165) is 30.4 Å². The number of amides is 1. The highest BCUT2D eigenvalue weighted by Crippen LogP contribution is 2.44. The van der Waals surface area contributed by atoms with Crippen LogP contribution >= 0.6 is 11.3 Å². The molecule has 0 radical (unpaired) electrons. The van der Waals surface area contributed by atoms with E-state index in [-0.39, 0.29) is 23.2 Å². The number of hydrogen-bond acceptors (Lipinski definition) is 4. The van der Waals surface area contributed by atoms with E-state index in [1.165, 1.54) is 4.88 Å². The van der Waals surface area contributed by atoms with Gasteiger partial charge in [0.15, 0.2) is 0 Å². The maximum Gasteiger partial charge on any atom is 0.341 e. The number of benzene rings is 1. The van der Waals surface area contributed by atoms with Gasteiger partial charge >= 0.3 is 5.97 Å². The summed E-state index contributed by atoms with van der Waals surface area (Å²) in [5, 5.41) is 3.73. The molecule has 2 atom stereocenters. The zero-order valence-corrected chi connectivity index (χ0v) is 19.5. The van der Waals surface area contributed by atoms with Gasteiger partial charge in [0, 0.05) is 4.88 Å². The van der Waals surface area contributed by atoms with E-state index in [1.54, 1.807) is 11.3 Å². The van der Waals surface area contributed by atoms with Crippen molar-refractivity contribution in [2.45, 2.75) is 66.2 Å². The third-order valence-electron chi connectivity index (χ3n) is 6.13. The third-order valence-corrected chi connectivity index (χ3v) is 7.30. The standard InChI is InChI=1S/C25H33NO3S/c1-6-18(16-11-9-8-10-12-16)22(27)26-23-21(24(28)29-7-2)19-14-13-17(25(3,4)5)15-20(19)30-23/h8-12,17-18H,6-7,13-15H2,1-5H3,(H,26,27)/t17-,18-/m1/s1. The number of ether oxygens (including phenoxy) is 1. The van der Waals surface area contributed by atoms with E-state index < -0.39 is 0 Å². The Balaban J connectivity index is 1.93. The molecule has 0 bridgehead atoms. The molecule has 1 amide bonds. The maximum atomic E-state index is 13.2. The summed E-state index contributed by atoms with van der Waals surface area (Å²) in [7, 11) is 0. The number of hydrogen-bond donors (Lipinski definition) is 1. The van der Waals surface area contributed by atoms with Gasteiger partial charge in [-0.15, -0.1) is 11.3 Å². The molecule has 162 valence electrons. The molecule has 0 spiro atoms. The van der Waals surface area contributed by atoms with Crippen molar-refractivity contribution in [3.63, 3.8) is 0 Å². The van der Waals surface area contributed by atoms with Crippen molar-refractivity contribution >= 4 is 28.2 Å². The van der Waals surface area contributed by atoms with Crippen LogP contribution < -0.4 is 5.32 Å². The normalized spacial score (nSPS) is 17.2. The van der Waals surface area contributed by atoms with Crippen LogP contribution in [-0.4, -0.2) is 18.5 Å². The molecule has 1 heterocycles. The van der Waals surface area contributed by atoms with Crippen molar-refractivity contribution in [2.24, 2.45) is 11.3 Å². The largest absolute Gasteiger partial charge is 0.462 e. The van der Waals surface area contributed by atoms with E-state index in [9.17, 15) is 9.59 Å². The van der Waals surface area contributed by atoms with Gasteiger partial charge in [-0.3, -0.25) is 4.79 Å². The summed E-state index contributed by atoms with van der Waals surface area (Å²) in [5.41, 5.74) is 2.85. The van der Waals surface area contributed by atoms with Crippen LogP contribution in [0.15, 0.2) is 30.3 Å². The second-order valence-electron chi connectivity index (χ2n) is 9.09. The number of carbonyl (C=O) groups excluding carboxylic acids is 2. The van der Waals surface area contributed by atoms with Gasteiger partial charge in [0.1, 0.15) is 5.00 Å². The molecule has 3 rings (SSSR count). The predicted octanol–water partition coefficient (Wildman–Crippen LogP) is 6.21. The van der Waals surface area contributed by atoms with Gasteiger partial charge < -0.3 is 10.1 Å². The number of anilines is 1. The molecule has 1 aromatic heterocycles. The summed E-state index contributed by atoms with van der Waals surface area (Å²) < 4.78 is 5.36. The van der Waals surface area contributed by atoms with Crippen molar-refractivity contribution in [1.29, 1.82) is 0 Å². The van der Waals surface area contributed by atoms with Gasteiger partial charge in [-0.25, -0.2) is 4.79 Å². The summed E-state index contributed by atoms with van der Waals surface area (Å²) in [6.07, 6.45) is 3.55. The molecule has 1 aromatic carbocycles. The molecule has 1 aliphatic carbocycles. The minimum absolute atomic E-state index is 0.0692. The summed E-state index contributed by atoms with van der Waals surface area (Å²) in [6.45, 7) is 11.0. The highest BCUT2D eigenvalue weighted by Gasteiger charge is 2.35. The molecule has 30 heavy (non-hydrogen) atoms. The van der Waals surface area contributed by atoms with E-state index in [4.69, 9.17) is 4.74 Å². The summed E-state index contributed by atoms with van der Waals surface area (Å²) in [4.78, 5) is 27.2. The first kappa shape index (κ1) is 22.5. The average Bonchev–Trinajstić information content (AvgIpc) is 3.06. The van der Waals surface area contributed by atoms with Crippen molar-refractivity contribution < 1.29 is 14.3 Å². The Hall–Kier alpha value is -2.14. The lowest BCUT2D eigenvalue weighted by atomic mass is 9.72. The first-order valence-electron chi connectivity index (χ1n) is 10.9. The Kier molecular flexibility index (Phi) is 7.02. The lowest BCUT2D eigenvalue weighted by Gasteiger charge is -2.33. The second kappa shape index (κ2) is 9.34. The molecular weight excluding hydrogens is 394 g/mol. The molecule has 0 aliphatic heterocycles. The lowest BCUT2D eigenvalue weighted by molar-refractivity contribution is -0.117. The van der Waals surface area contributed by atoms with E-state index in [1.807, 2.05) is 44.2 Å². The fourth-order valence-electron chi connectivity index (χ4n) is 4.29. The molecule has 0 saturated carbocycles. The smallest absolute Gasteiger partial charge is 0.341 e. The molecular formula is C25H33NO3S. The Morgan fingerprint density at radius 3 is 2.50 bits per heavy atom. The summed E-state index contributed by atoms with van der Waals surface area (Å²) in [6, 6.07) is 9.81. The monoisotopic (exact) mass is 427 g/mol. The minimum atomic E-state index is -0.327. The molecule has 0 fully saturated rings. The predicted molar refractivity (Wildman–Crippen MR) is 123 cm³/mol. The van der Waals surface area contributed by atoms with Crippen molar-refractivity contribution in [3.8, 4) is 0 Å². The zero-order valence-electron chi connectivity index (χ0n) is 18.7. The number of rotatable bonds is 6. The van der Waals surface area contributed by atoms with E-state index in [2.05, 4.69) is 26.1 Å². The Labute approximate surface area is 184 Å². The van der Waals surface area contributed by atoms with Crippen molar-refractivity contribution in [3.05, 3.63) is 51.9 Å². The van der Waals surface area contributed by atoms with Gasteiger partial charge in [-0.1, -0.05) is 58.0 Å². The van der Waals surface area contributed by atoms with Gasteiger partial charge in [0.2, 0.25) is 5.91 Å². The molecule has 2 aromatic rings. The van der Waals surface area contributed by atoms with Crippen molar-refractivity contribution in [1.82, 2.24) is 0 Å². The van der Waals surface area contributed by atoms with Crippen LogP contribution in [0.25, 0.3) is 0 Å². The Morgan fingerprint density at radius 1 is 1.20 bits per heavy atom. The van der Waals surface area contributed by atoms with Crippen LogP contribution in [0.1, 0.15) is 79.7 Å². The first-order valence-corrected chi connectivity index (χ1v) is 11.7. The lowest BCUT2D eigenvalue weighted by Crippen LogP contribution is -2.26. The van der Waals surface area contributed by atoms with Crippen LogP contribution in [0, 0.1) is 11.3 Å². The van der Waals surface area contributed by atoms with Crippen LogP contribution in [0.2, 0.25) is 0 Å². The number of carbonyl (C=O) groups is 2. The van der Waals surface area contributed by atoms with Crippen LogP contribution in [0.5, 0.6) is 0 Å². The van der Waals surface area contributed by atoms with E-state index in [0.29, 0.717) is 29.5 Å². The van der Waals surface area contributed by atoms with Crippen molar-refractivity contribution in [2.75, 3.05) is 11.9 Å². The average molecular weight is 428 g/mol. The molecule has 1 N–H and O–H groups in total. The van der Waals surface area contributed by atoms with Gasteiger partial charge in [0.25, 0.3) is 0 Å². The number of fused-ring (bicyclic) bond motifs is 1. The fourth-order valence-corrected chi connectivity index (χ4v) is 5.61. The molecule has 4 nitrogen and oxygen atoms in total. The maximum absolute atomic E-state index is 13.2. The quantitative estimate of drug-likeness (QED) is 0.558. The Bertz CT molecular complexity index is 895. The van der Waals surface area contributed by atoms with Crippen LogP contribution in [0.4, 0.5) is 5.00 Å². The SMILES string of the molecule is CCOC(=O)c1c(NC(=O)[C@H](CC)c2ccccc2)sc2c1CC[C@@H](C(C)(C)C)C2. The van der Waals surface area contributed by atoms with Gasteiger partial charge in [-0.05, 0) is 55.1 Å². The van der Waals surface area contributed by atoms with E-state index >= 15 is 0 Å². The fraction of sp³-hybridized carbons (Fsp3) is 0.520. The molecule has 0 saturated heterocycles. The highest BCUT2D eigenvalue weighted by molar-refractivity contribution is 7.17. The summed E-state index contributed by atoms with van der Waals surface area (Å²) >= 11 is 1.55. The van der Waals surface area contributed by atoms with Gasteiger partial charge in [0.05, 0.1) is 18.1 Å². The van der Waals surface area contributed by atoms with Gasteiger partial charge in [-0.2, -0.15) is 0 Å². The number of esters is 1.